The monoisotopic (exact) mass is 327 g/mol. The highest BCUT2D eigenvalue weighted by molar-refractivity contribution is 5.51. The molecule has 2 aliphatic heterocycles. The van der Waals surface area contributed by atoms with Crippen molar-refractivity contribution in [2.45, 2.75) is 37.1 Å². The molecule has 1 saturated carbocycles. The van der Waals surface area contributed by atoms with Gasteiger partial charge in [0.05, 0.1) is 31.1 Å². The molecule has 3 aliphatic rings. The zero-order valence-corrected chi connectivity index (χ0v) is 13.4. The van der Waals surface area contributed by atoms with Crippen LogP contribution in [0.1, 0.15) is 18.9 Å². The van der Waals surface area contributed by atoms with E-state index in [1.165, 1.54) is 12.8 Å². The Labute approximate surface area is 140 Å². The van der Waals surface area contributed by atoms with E-state index >= 15 is 0 Å². The maximum Gasteiger partial charge on any atom is 0.131 e. The largest absolute Gasteiger partial charge is 0.371 e. The SMILES string of the molecule is c1ccc(-c2cn(C3COC4C(NCC5CC5)COC43)nn2)nc1. The molecule has 0 bridgehead atoms. The number of hydrogen-bond donors (Lipinski definition) is 1. The fraction of sp³-hybridized carbons (Fsp3) is 0.588. The number of rotatable bonds is 5. The van der Waals surface area contributed by atoms with Crippen molar-refractivity contribution in [2.24, 2.45) is 5.92 Å². The van der Waals surface area contributed by atoms with E-state index < -0.39 is 0 Å². The summed E-state index contributed by atoms with van der Waals surface area (Å²) in [6.07, 6.45) is 6.56. The third kappa shape index (κ3) is 2.62. The molecule has 4 unspecified atom stereocenters. The summed E-state index contributed by atoms with van der Waals surface area (Å²) in [4.78, 5) is 4.33. The molecule has 0 amide bonds. The average Bonchev–Trinajstić information content (AvgIpc) is 3.01. The fourth-order valence-electron chi connectivity index (χ4n) is 3.59. The van der Waals surface area contributed by atoms with E-state index in [2.05, 4.69) is 20.6 Å². The smallest absolute Gasteiger partial charge is 0.131 e. The Hall–Kier alpha value is -1.83. The van der Waals surface area contributed by atoms with E-state index in [-0.39, 0.29) is 18.2 Å². The standard InChI is InChI=1S/C17H21N5O2/c1-2-6-18-12(3-1)13-8-22(21-20-13)15-10-24-16-14(9-23-17(15)16)19-7-11-4-5-11/h1-3,6,8,11,14-17,19H,4-5,7,9-10H2. The van der Waals surface area contributed by atoms with E-state index in [0.717, 1.165) is 23.9 Å². The van der Waals surface area contributed by atoms with Crippen molar-refractivity contribution in [3.63, 3.8) is 0 Å². The van der Waals surface area contributed by atoms with Gasteiger partial charge in [-0.05, 0) is 37.4 Å². The van der Waals surface area contributed by atoms with E-state index in [1.807, 2.05) is 29.1 Å². The van der Waals surface area contributed by atoms with Gasteiger partial charge in [0.2, 0.25) is 0 Å². The third-order valence-electron chi connectivity index (χ3n) is 5.17. The normalized spacial score (nSPS) is 32.2. The lowest BCUT2D eigenvalue weighted by Crippen LogP contribution is -2.41. The summed E-state index contributed by atoms with van der Waals surface area (Å²) in [5.41, 5.74) is 1.61. The molecule has 4 atom stereocenters. The Bertz CT molecular complexity index is 702. The second-order valence-electron chi connectivity index (χ2n) is 6.92. The molecule has 7 heteroatoms. The topological polar surface area (TPSA) is 74.1 Å². The summed E-state index contributed by atoms with van der Waals surface area (Å²) < 4.78 is 13.9. The first kappa shape index (κ1) is 14.5. The molecule has 4 heterocycles. The van der Waals surface area contributed by atoms with Gasteiger partial charge in [0.1, 0.15) is 23.9 Å². The fourth-order valence-corrected chi connectivity index (χ4v) is 3.59. The van der Waals surface area contributed by atoms with Crippen LogP contribution >= 0.6 is 0 Å². The third-order valence-corrected chi connectivity index (χ3v) is 5.17. The molecule has 7 nitrogen and oxygen atoms in total. The van der Waals surface area contributed by atoms with Crippen molar-refractivity contribution in [3.05, 3.63) is 30.6 Å². The first-order valence-electron chi connectivity index (χ1n) is 8.68. The molecule has 2 aromatic heterocycles. The molecule has 1 N–H and O–H groups in total. The highest BCUT2D eigenvalue weighted by Crippen LogP contribution is 2.35. The van der Waals surface area contributed by atoms with E-state index in [1.54, 1.807) is 6.20 Å². The summed E-state index contributed by atoms with van der Waals surface area (Å²) >= 11 is 0. The van der Waals surface area contributed by atoms with Gasteiger partial charge in [-0.3, -0.25) is 4.98 Å². The van der Waals surface area contributed by atoms with Crippen molar-refractivity contribution in [1.29, 1.82) is 0 Å². The molecule has 0 radical (unpaired) electrons. The Morgan fingerprint density at radius 2 is 2.04 bits per heavy atom. The number of ether oxygens (including phenoxy) is 2. The van der Waals surface area contributed by atoms with Crippen LogP contribution in [0.3, 0.4) is 0 Å². The Kier molecular flexibility index (Phi) is 3.57. The minimum absolute atomic E-state index is 0.0417. The Balaban J connectivity index is 1.29. The van der Waals surface area contributed by atoms with Gasteiger partial charge in [-0.25, -0.2) is 4.68 Å². The van der Waals surface area contributed by atoms with E-state index in [9.17, 15) is 0 Å². The van der Waals surface area contributed by atoms with Crippen LogP contribution in [0, 0.1) is 5.92 Å². The van der Waals surface area contributed by atoms with Gasteiger partial charge in [-0.2, -0.15) is 0 Å². The Morgan fingerprint density at radius 3 is 2.88 bits per heavy atom. The molecule has 24 heavy (non-hydrogen) atoms. The molecule has 5 rings (SSSR count). The molecular weight excluding hydrogens is 306 g/mol. The Morgan fingerprint density at radius 1 is 1.12 bits per heavy atom. The van der Waals surface area contributed by atoms with Crippen LogP contribution in [0.2, 0.25) is 0 Å². The van der Waals surface area contributed by atoms with E-state index in [4.69, 9.17) is 9.47 Å². The molecule has 2 saturated heterocycles. The van der Waals surface area contributed by atoms with Crippen LogP contribution < -0.4 is 5.32 Å². The first-order valence-corrected chi connectivity index (χ1v) is 8.68. The second kappa shape index (κ2) is 5.91. The van der Waals surface area contributed by atoms with Crippen molar-refractivity contribution in [1.82, 2.24) is 25.3 Å². The van der Waals surface area contributed by atoms with E-state index in [0.29, 0.717) is 19.3 Å². The number of hydrogen-bond acceptors (Lipinski definition) is 6. The quantitative estimate of drug-likeness (QED) is 0.885. The summed E-state index contributed by atoms with van der Waals surface area (Å²) in [7, 11) is 0. The number of fused-ring (bicyclic) bond motifs is 1. The highest BCUT2D eigenvalue weighted by atomic mass is 16.6. The number of aromatic nitrogens is 4. The maximum absolute atomic E-state index is 6.03. The summed E-state index contributed by atoms with van der Waals surface area (Å²) in [5.74, 6) is 0.859. The lowest BCUT2D eigenvalue weighted by molar-refractivity contribution is 0.0620. The molecule has 2 aromatic rings. The summed E-state index contributed by atoms with van der Waals surface area (Å²) in [5, 5.41) is 12.2. The predicted molar refractivity (Wildman–Crippen MR) is 86.3 cm³/mol. The first-order chi connectivity index (χ1) is 11.9. The number of nitrogens with zero attached hydrogens (tertiary/aromatic N) is 4. The van der Waals surface area contributed by atoms with Crippen molar-refractivity contribution in [2.75, 3.05) is 19.8 Å². The van der Waals surface area contributed by atoms with Gasteiger partial charge in [-0.1, -0.05) is 11.3 Å². The van der Waals surface area contributed by atoms with Crippen LogP contribution in [0.15, 0.2) is 30.6 Å². The van der Waals surface area contributed by atoms with Crippen LogP contribution in [0.4, 0.5) is 0 Å². The molecule has 126 valence electrons. The molecular formula is C17H21N5O2. The van der Waals surface area contributed by atoms with Crippen LogP contribution in [0.25, 0.3) is 11.4 Å². The average molecular weight is 327 g/mol. The van der Waals surface area contributed by atoms with Crippen molar-refractivity contribution in [3.8, 4) is 11.4 Å². The van der Waals surface area contributed by atoms with Gasteiger partial charge in [0, 0.05) is 6.20 Å². The minimum Gasteiger partial charge on any atom is -0.371 e. The van der Waals surface area contributed by atoms with Crippen molar-refractivity contribution < 1.29 is 9.47 Å². The second-order valence-corrected chi connectivity index (χ2v) is 6.92. The van der Waals surface area contributed by atoms with Gasteiger partial charge in [-0.15, -0.1) is 5.10 Å². The van der Waals surface area contributed by atoms with Crippen molar-refractivity contribution >= 4 is 0 Å². The highest BCUT2D eigenvalue weighted by Gasteiger charge is 2.49. The lowest BCUT2D eigenvalue weighted by atomic mass is 10.1. The molecule has 0 aromatic carbocycles. The molecule has 0 spiro atoms. The maximum atomic E-state index is 6.03. The van der Waals surface area contributed by atoms with Gasteiger partial charge in [0.25, 0.3) is 0 Å². The predicted octanol–water partition coefficient (Wildman–Crippen LogP) is 1.05. The van der Waals surface area contributed by atoms with Crippen LogP contribution in [0.5, 0.6) is 0 Å². The molecule has 1 aliphatic carbocycles. The minimum atomic E-state index is 0.0417. The van der Waals surface area contributed by atoms with Crippen LogP contribution in [-0.4, -0.2) is 58.0 Å². The lowest BCUT2D eigenvalue weighted by Gasteiger charge is -2.17. The summed E-state index contributed by atoms with van der Waals surface area (Å²) in [6.45, 7) is 2.40. The number of pyridine rings is 1. The zero-order valence-electron chi connectivity index (χ0n) is 13.4. The number of nitrogens with one attached hydrogen (secondary N) is 1. The summed E-state index contributed by atoms with van der Waals surface area (Å²) in [6, 6.07) is 6.15. The van der Waals surface area contributed by atoms with Gasteiger partial charge in [0.15, 0.2) is 0 Å². The zero-order chi connectivity index (χ0) is 15.9. The van der Waals surface area contributed by atoms with Gasteiger partial charge >= 0.3 is 0 Å². The van der Waals surface area contributed by atoms with Crippen LogP contribution in [-0.2, 0) is 9.47 Å². The van der Waals surface area contributed by atoms with Gasteiger partial charge < -0.3 is 14.8 Å². The molecule has 3 fully saturated rings.